The van der Waals surface area contributed by atoms with Crippen LogP contribution in [-0.2, 0) is 13.1 Å². The molecule has 0 saturated carbocycles. The Kier molecular flexibility index (Phi) is 4.59. The van der Waals surface area contributed by atoms with Crippen molar-refractivity contribution < 1.29 is 0 Å². The summed E-state index contributed by atoms with van der Waals surface area (Å²) in [5.74, 6) is 0. The summed E-state index contributed by atoms with van der Waals surface area (Å²) >= 11 is 11.8. The van der Waals surface area contributed by atoms with E-state index in [1.807, 2.05) is 30.3 Å². The summed E-state index contributed by atoms with van der Waals surface area (Å²) < 4.78 is 0. The first-order valence-electron chi connectivity index (χ1n) is 5.67. The average Bonchev–Trinajstić information content (AvgIpc) is 2.32. The molecule has 0 radical (unpaired) electrons. The number of hydrogen-bond acceptors (Lipinski definition) is 2. The topological polar surface area (TPSA) is 16.1 Å². The van der Waals surface area contributed by atoms with Crippen LogP contribution in [0.1, 0.15) is 11.3 Å². The molecule has 18 heavy (non-hydrogen) atoms. The number of halogens is 2. The van der Waals surface area contributed by atoms with Gasteiger partial charge in [0, 0.05) is 29.3 Å². The maximum absolute atomic E-state index is 5.93. The van der Waals surface area contributed by atoms with E-state index >= 15 is 0 Å². The second kappa shape index (κ2) is 6.19. The lowest BCUT2D eigenvalue weighted by atomic mass is 10.2. The Hall–Kier alpha value is -1.09. The third-order valence-electron chi connectivity index (χ3n) is 2.58. The molecule has 0 amide bonds. The predicted molar refractivity (Wildman–Crippen MR) is 75.9 cm³/mol. The van der Waals surface area contributed by atoms with Gasteiger partial charge in [0.25, 0.3) is 0 Å². The van der Waals surface area contributed by atoms with Gasteiger partial charge in [0.05, 0.1) is 5.69 Å². The van der Waals surface area contributed by atoms with E-state index in [-0.39, 0.29) is 0 Å². The molecule has 2 nitrogen and oxygen atoms in total. The summed E-state index contributed by atoms with van der Waals surface area (Å²) in [5.41, 5.74) is 2.20. The predicted octanol–water partition coefficient (Wildman–Crippen LogP) is 4.02. The minimum absolute atomic E-state index is 0.722. The van der Waals surface area contributed by atoms with Crippen molar-refractivity contribution in [1.29, 1.82) is 0 Å². The van der Waals surface area contributed by atoms with Gasteiger partial charge in [-0.15, -0.1) is 0 Å². The summed E-state index contributed by atoms with van der Waals surface area (Å²) in [6, 6.07) is 11.5. The highest BCUT2D eigenvalue weighted by Gasteiger charge is 2.03. The molecule has 2 aromatic rings. The van der Waals surface area contributed by atoms with Crippen molar-refractivity contribution in [3.05, 3.63) is 63.9 Å². The minimum atomic E-state index is 0.722. The third kappa shape index (κ3) is 3.98. The van der Waals surface area contributed by atoms with Crippen LogP contribution in [0.3, 0.4) is 0 Å². The van der Waals surface area contributed by atoms with Crippen molar-refractivity contribution in [2.24, 2.45) is 0 Å². The molecule has 94 valence electrons. The van der Waals surface area contributed by atoms with Crippen molar-refractivity contribution in [1.82, 2.24) is 9.88 Å². The number of nitrogens with zero attached hydrogens (tertiary/aromatic N) is 2. The summed E-state index contributed by atoms with van der Waals surface area (Å²) in [6.07, 6.45) is 1.73. The third-order valence-corrected chi connectivity index (χ3v) is 3.06. The van der Waals surface area contributed by atoms with Gasteiger partial charge in [-0.3, -0.25) is 9.88 Å². The molecule has 1 aromatic heterocycles. The van der Waals surface area contributed by atoms with E-state index in [1.54, 1.807) is 12.3 Å². The van der Waals surface area contributed by atoms with Crippen molar-refractivity contribution >= 4 is 23.2 Å². The Morgan fingerprint density at radius 1 is 1.00 bits per heavy atom. The standard InChI is InChI=1S/C14H14Cl2N2/c1-18(9-11-2-4-12(15)5-3-11)10-14-8-13(16)6-7-17-14/h2-8H,9-10H2,1H3. The quantitative estimate of drug-likeness (QED) is 0.841. The lowest BCUT2D eigenvalue weighted by Gasteiger charge is -2.16. The fourth-order valence-electron chi connectivity index (χ4n) is 1.77. The molecule has 0 fully saturated rings. The normalized spacial score (nSPS) is 10.9. The van der Waals surface area contributed by atoms with Gasteiger partial charge < -0.3 is 0 Å². The van der Waals surface area contributed by atoms with Gasteiger partial charge in [-0.1, -0.05) is 35.3 Å². The molecule has 0 bridgehead atoms. The van der Waals surface area contributed by atoms with E-state index in [9.17, 15) is 0 Å². The molecule has 0 atom stereocenters. The molecule has 2 rings (SSSR count). The van der Waals surface area contributed by atoms with E-state index in [2.05, 4.69) is 16.9 Å². The monoisotopic (exact) mass is 280 g/mol. The summed E-state index contributed by atoms with van der Waals surface area (Å²) in [6.45, 7) is 1.62. The Morgan fingerprint density at radius 3 is 2.39 bits per heavy atom. The molecule has 0 spiro atoms. The highest BCUT2D eigenvalue weighted by molar-refractivity contribution is 6.30. The molecule has 4 heteroatoms. The van der Waals surface area contributed by atoms with Crippen LogP contribution in [0.5, 0.6) is 0 Å². The number of rotatable bonds is 4. The van der Waals surface area contributed by atoms with E-state index in [0.29, 0.717) is 0 Å². The highest BCUT2D eigenvalue weighted by atomic mass is 35.5. The molecule has 0 aliphatic carbocycles. The van der Waals surface area contributed by atoms with Crippen molar-refractivity contribution in [3.8, 4) is 0 Å². The Morgan fingerprint density at radius 2 is 1.72 bits per heavy atom. The second-order valence-corrected chi connectivity index (χ2v) is 5.14. The van der Waals surface area contributed by atoms with Crippen molar-refractivity contribution in [3.63, 3.8) is 0 Å². The summed E-state index contributed by atoms with van der Waals surface area (Å²) in [7, 11) is 2.05. The molecule has 1 heterocycles. The average molecular weight is 281 g/mol. The van der Waals surface area contributed by atoms with Gasteiger partial charge in [0.2, 0.25) is 0 Å². The van der Waals surface area contributed by atoms with Crippen LogP contribution < -0.4 is 0 Å². The molecular formula is C14H14Cl2N2. The largest absolute Gasteiger partial charge is 0.296 e. The van der Waals surface area contributed by atoms with Crippen LogP contribution >= 0.6 is 23.2 Å². The van der Waals surface area contributed by atoms with Gasteiger partial charge in [-0.2, -0.15) is 0 Å². The molecule has 0 aliphatic heterocycles. The maximum Gasteiger partial charge on any atom is 0.0558 e. The van der Waals surface area contributed by atoms with Crippen LogP contribution in [0.4, 0.5) is 0 Å². The number of pyridine rings is 1. The van der Waals surface area contributed by atoms with E-state index in [4.69, 9.17) is 23.2 Å². The SMILES string of the molecule is CN(Cc1ccc(Cl)cc1)Cc1cc(Cl)ccn1. The fourth-order valence-corrected chi connectivity index (χ4v) is 2.08. The number of aromatic nitrogens is 1. The van der Waals surface area contributed by atoms with E-state index in [0.717, 1.165) is 28.8 Å². The zero-order chi connectivity index (χ0) is 13.0. The summed E-state index contributed by atoms with van der Waals surface area (Å²) in [5, 5.41) is 1.48. The van der Waals surface area contributed by atoms with Crippen LogP contribution in [0, 0.1) is 0 Å². The maximum atomic E-state index is 5.93. The Bertz CT molecular complexity index is 511. The van der Waals surface area contributed by atoms with Crippen LogP contribution in [0.2, 0.25) is 10.0 Å². The lowest BCUT2D eigenvalue weighted by molar-refractivity contribution is 0.315. The van der Waals surface area contributed by atoms with Gasteiger partial charge in [-0.05, 0) is 36.9 Å². The Balaban J connectivity index is 1.96. The molecule has 0 aliphatic rings. The number of benzene rings is 1. The van der Waals surface area contributed by atoms with Crippen LogP contribution in [0.15, 0.2) is 42.6 Å². The van der Waals surface area contributed by atoms with Crippen molar-refractivity contribution in [2.75, 3.05) is 7.05 Å². The fraction of sp³-hybridized carbons (Fsp3) is 0.214. The lowest BCUT2D eigenvalue weighted by Crippen LogP contribution is -2.17. The van der Waals surface area contributed by atoms with Crippen LogP contribution in [-0.4, -0.2) is 16.9 Å². The first-order valence-corrected chi connectivity index (χ1v) is 6.42. The Labute approximate surface area is 117 Å². The zero-order valence-electron chi connectivity index (χ0n) is 10.1. The van der Waals surface area contributed by atoms with Gasteiger partial charge in [0.1, 0.15) is 0 Å². The van der Waals surface area contributed by atoms with E-state index in [1.165, 1.54) is 5.56 Å². The van der Waals surface area contributed by atoms with E-state index < -0.39 is 0 Å². The smallest absolute Gasteiger partial charge is 0.0558 e. The molecular weight excluding hydrogens is 267 g/mol. The van der Waals surface area contributed by atoms with Gasteiger partial charge >= 0.3 is 0 Å². The van der Waals surface area contributed by atoms with Crippen molar-refractivity contribution in [2.45, 2.75) is 13.1 Å². The molecule has 0 saturated heterocycles. The molecule has 1 aromatic carbocycles. The molecule has 0 unspecified atom stereocenters. The second-order valence-electron chi connectivity index (χ2n) is 4.26. The first-order chi connectivity index (χ1) is 8.63. The summed E-state index contributed by atoms with van der Waals surface area (Å²) in [4.78, 5) is 6.47. The first kappa shape index (κ1) is 13.3. The van der Waals surface area contributed by atoms with Gasteiger partial charge in [-0.25, -0.2) is 0 Å². The zero-order valence-corrected chi connectivity index (χ0v) is 11.6. The molecule has 0 N–H and O–H groups in total. The van der Waals surface area contributed by atoms with Gasteiger partial charge in [0.15, 0.2) is 0 Å². The van der Waals surface area contributed by atoms with Crippen LogP contribution in [0.25, 0.3) is 0 Å². The number of hydrogen-bond donors (Lipinski definition) is 0. The highest BCUT2D eigenvalue weighted by Crippen LogP contribution is 2.13. The minimum Gasteiger partial charge on any atom is -0.296 e.